The van der Waals surface area contributed by atoms with Crippen LogP contribution in [0.15, 0.2) is 0 Å². The molecule has 138 valence electrons. The van der Waals surface area contributed by atoms with Crippen LogP contribution in [-0.2, 0) is 24.3 Å². The minimum atomic E-state index is -0.751. The molecule has 0 unspecified atom stereocenters. The Kier molecular flexibility index (Phi) is 9.93. The van der Waals surface area contributed by atoms with E-state index in [1.54, 1.807) is 0 Å². The highest BCUT2D eigenvalue weighted by molar-refractivity contribution is 5.66. The number of carboxylic acids is 1. The van der Waals surface area contributed by atoms with Gasteiger partial charge in [-0.25, -0.2) is 19.6 Å². The van der Waals surface area contributed by atoms with Gasteiger partial charge in [-0.2, -0.15) is 0 Å². The minimum Gasteiger partial charge on any atom is -0.481 e. The molecule has 0 aliphatic rings. The second-order valence-corrected chi connectivity index (χ2v) is 7.98. The standard InChI is InChI=1S/C17H34O6/c1-13(11-12-14(18)19)9-8-10-15(20-22-16(2,3)4)21-23-17(5,6)7/h13,15H,8-12H2,1-7H3,(H,18,19)/t13-/m0/s1. The van der Waals surface area contributed by atoms with Crippen molar-refractivity contribution in [1.29, 1.82) is 0 Å². The van der Waals surface area contributed by atoms with E-state index in [2.05, 4.69) is 6.92 Å². The predicted molar refractivity (Wildman–Crippen MR) is 87.5 cm³/mol. The molecule has 1 N–H and O–H groups in total. The number of carboxylic acid groups (broad SMARTS) is 1. The van der Waals surface area contributed by atoms with E-state index in [1.807, 2.05) is 41.5 Å². The van der Waals surface area contributed by atoms with Crippen molar-refractivity contribution in [3.63, 3.8) is 0 Å². The average Bonchev–Trinajstić information content (AvgIpc) is 2.36. The summed E-state index contributed by atoms with van der Waals surface area (Å²) in [6, 6.07) is 0. The van der Waals surface area contributed by atoms with Gasteiger partial charge in [0.2, 0.25) is 6.29 Å². The fourth-order valence-corrected chi connectivity index (χ4v) is 1.66. The molecule has 0 aromatic rings. The molecule has 0 aromatic carbocycles. The summed E-state index contributed by atoms with van der Waals surface area (Å²) in [5.41, 5.74) is -0.865. The molecule has 0 spiro atoms. The summed E-state index contributed by atoms with van der Waals surface area (Å²) in [4.78, 5) is 31.9. The van der Waals surface area contributed by atoms with E-state index in [4.69, 9.17) is 24.7 Å². The molecule has 0 aliphatic heterocycles. The molecule has 6 heteroatoms. The highest BCUT2D eigenvalue weighted by atomic mass is 17.3. The minimum absolute atomic E-state index is 0.206. The third-order valence-corrected chi connectivity index (χ3v) is 2.80. The molecule has 0 fully saturated rings. The normalized spacial score (nSPS) is 14.3. The maximum atomic E-state index is 10.6. The number of hydrogen-bond acceptors (Lipinski definition) is 5. The van der Waals surface area contributed by atoms with E-state index in [1.165, 1.54) is 0 Å². The molecule has 6 nitrogen and oxygen atoms in total. The summed E-state index contributed by atoms with van der Waals surface area (Å²) in [6.07, 6.45) is 2.63. The first-order valence-corrected chi connectivity index (χ1v) is 8.30. The third-order valence-electron chi connectivity index (χ3n) is 2.80. The summed E-state index contributed by atoms with van der Waals surface area (Å²) >= 11 is 0. The lowest BCUT2D eigenvalue weighted by Crippen LogP contribution is -2.29. The van der Waals surface area contributed by atoms with E-state index in [0.717, 1.165) is 12.8 Å². The summed E-state index contributed by atoms with van der Waals surface area (Å²) in [7, 11) is 0. The van der Waals surface area contributed by atoms with Gasteiger partial charge in [0.1, 0.15) is 0 Å². The van der Waals surface area contributed by atoms with Gasteiger partial charge in [0.25, 0.3) is 0 Å². The lowest BCUT2D eigenvalue weighted by atomic mass is 9.99. The van der Waals surface area contributed by atoms with Gasteiger partial charge in [-0.3, -0.25) is 4.79 Å². The van der Waals surface area contributed by atoms with Crippen LogP contribution in [0.5, 0.6) is 0 Å². The summed E-state index contributed by atoms with van der Waals surface area (Å²) < 4.78 is 0. The molecular weight excluding hydrogens is 300 g/mol. The lowest BCUT2D eigenvalue weighted by Gasteiger charge is -2.25. The van der Waals surface area contributed by atoms with E-state index in [-0.39, 0.29) is 6.42 Å². The first-order valence-electron chi connectivity index (χ1n) is 8.30. The molecule has 0 saturated heterocycles. The van der Waals surface area contributed by atoms with Crippen molar-refractivity contribution in [3.8, 4) is 0 Å². The van der Waals surface area contributed by atoms with Crippen LogP contribution in [-0.4, -0.2) is 28.6 Å². The Bertz CT molecular complexity index is 311. The van der Waals surface area contributed by atoms with Crippen molar-refractivity contribution in [2.24, 2.45) is 5.92 Å². The molecule has 0 rings (SSSR count). The van der Waals surface area contributed by atoms with Crippen molar-refractivity contribution in [1.82, 2.24) is 0 Å². The predicted octanol–water partition coefficient (Wildman–Crippen LogP) is 4.48. The monoisotopic (exact) mass is 334 g/mol. The quantitative estimate of drug-likeness (QED) is 0.341. The Morgan fingerprint density at radius 3 is 1.78 bits per heavy atom. The van der Waals surface area contributed by atoms with Crippen LogP contribution in [0.3, 0.4) is 0 Å². The van der Waals surface area contributed by atoms with Crippen LogP contribution in [0, 0.1) is 5.92 Å². The molecule has 0 saturated carbocycles. The van der Waals surface area contributed by atoms with Crippen LogP contribution < -0.4 is 0 Å². The zero-order valence-corrected chi connectivity index (χ0v) is 15.7. The van der Waals surface area contributed by atoms with Gasteiger partial charge >= 0.3 is 5.97 Å². The van der Waals surface area contributed by atoms with E-state index in [0.29, 0.717) is 18.8 Å². The second kappa shape index (κ2) is 10.2. The SMILES string of the molecule is C[C@@H](CCCC(OOC(C)(C)C)OOC(C)(C)C)CCC(=O)O. The fraction of sp³-hybridized carbons (Fsp3) is 0.941. The summed E-state index contributed by atoms with van der Waals surface area (Å²) in [5, 5.41) is 8.70. The van der Waals surface area contributed by atoms with Crippen molar-refractivity contribution in [3.05, 3.63) is 0 Å². The molecule has 1 atom stereocenters. The third kappa shape index (κ3) is 16.0. The first-order chi connectivity index (χ1) is 10.4. The van der Waals surface area contributed by atoms with Crippen LogP contribution in [0.25, 0.3) is 0 Å². The number of aliphatic carboxylic acids is 1. The molecule has 0 heterocycles. The van der Waals surface area contributed by atoms with Crippen LogP contribution in [0.4, 0.5) is 0 Å². The Labute approximate surface area is 140 Å². The van der Waals surface area contributed by atoms with Gasteiger partial charge in [0, 0.05) is 12.8 Å². The molecule has 23 heavy (non-hydrogen) atoms. The van der Waals surface area contributed by atoms with Gasteiger partial charge in [0.15, 0.2) is 0 Å². The molecule has 0 aliphatic carbocycles. The zero-order chi connectivity index (χ0) is 18.1. The van der Waals surface area contributed by atoms with Crippen LogP contribution in [0.2, 0.25) is 0 Å². The largest absolute Gasteiger partial charge is 0.481 e. The number of hydrogen-bond donors (Lipinski definition) is 1. The maximum Gasteiger partial charge on any atom is 0.303 e. The van der Waals surface area contributed by atoms with E-state index in [9.17, 15) is 4.79 Å². The zero-order valence-electron chi connectivity index (χ0n) is 15.7. The van der Waals surface area contributed by atoms with Gasteiger partial charge in [-0.05, 0) is 60.3 Å². The fourth-order valence-electron chi connectivity index (χ4n) is 1.66. The molecule has 0 bridgehead atoms. The van der Waals surface area contributed by atoms with Crippen LogP contribution >= 0.6 is 0 Å². The highest BCUT2D eigenvalue weighted by Crippen LogP contribution is 2.20. The van der Waals surface area contributed by atoms with E-state index < -0.39 is 23.5 Å². The molecule has 0 radical (unpaired) electrons. The van der Waals surface area contributed by atoms with Gasteiger partial charge in [0.05, 0.1) is 11.2 Å². The molecule has 0 amide bonds. The first kappa shape index (κ1) is 22.3. The Morgan fingerprint density at radius 2 is 1.39 bits per heavy atom. The summed E-state index contributed by atoms with van der Waals surface area (Å²) in [5.74, 6) is -0.405. The Morgan fingerprint density at radius 1 is 0.913 bits per heavy atom. The van der Waals surface area contributed by atoms with Crippen molar-refractivity contribution < 1.29 is 29.5 Å². The Balaban J connectivity index is 4.20. The van der Waals surface area contributed by atoms with Crippen molar-refractivity contribution in [2.45, 2.75) is 98.1 Å². The van der Waals surface area contributed by atoms with Crippen molar-refractivity contribution >= 4 is 5.97 Å². The number of rotatable bonds is 11. The van der Waals surface area contributed by atoms with Gasteiger partial charge in [-0.1, -0.05) is 13.3 Å². The van der Waals surface area contributed by atoms with Crippen LogP contribution in [0.1, 0.15) is 80.6 Å². The topological polar surface area (TPSA) is 74.2 Å². The second-order valence-electron chi connectivity index (χ2n) is 7.98. The average molecular weight is 334 g/mol. The Hall–Kier alpha value is -0.690. The van der Waals surface area contributed by atoms with Gasteiger partial charge in [-0.15, -0.1) is 0 Å². The molecular formula is C17H34O6. The smallest absolute Gasteiger partial charge is 0.303 e. The van der Waals surface area contributed by atoms with Crippen molar-refractivity contribution in [2.75, 3.05) is 0 Å². The van der Waals surface area contributed by atoms with E-state index >= 15 is 0 Å². The summed E-state index contributed by atoms with van der Waals surface area (Å²) in [6.45, 7) is 13.4. The highest BCUT2D eigenvalue weighted by Gasteiger charge is 2.21. The lowest BCUT2D eigenvalue weighted by molar-refractivity contribution is -0.497. The van der Waals surface area contributed by atoms with Gasteiger partial charge < -0.3 is 5.11 Å². The number of carbonyl (C=O) groups is 1. The maximum absolute atomic E-state index is 10.6. The molecule has 0 aromatic heterocycles.